The van der Waals surface area contributed by atoms with Crippen LogP contribution < -0.4 is 5.73 Å². The Balaban J connectivity index is 2.47. The molecule has 0 saturated carbocycles. The van der Waals surface area contributed by atoms with Crippen LogP contribution in [-0.2, 0) is 5.54 Å². The lowest BCUT2D eigenvalue weighted by Gasteiger charge is -2.18. The van der Waals surface area contributed by atoms with Crippen molar-refractivity contribution in [3.63, 3.8) is 0 Å². The van der Waals surface area contributed by atoms with E-state index in [1.807, 2.05) is 16.9 Å². The molecule has 0 fully saturated rings. The maximum atomic E-state index is 5.90. The predicted molar refractivity (Wildman–Crippen MR) is 59.3 cm³/mol. The van der Waals surface area contributed by atoms with Gasteiger partial charge in [0.1, 0.15) is 5.69 Å². The molecule has 4 nitrogen and oxygen atoms in total. The average Bonchev–Trinajstić information content (AvgIpc) is 2.69. The molecule has 0 amide bonds. The smallest absolute Gasteiger partial charge is 0.118 e. The monoisotopic (exact) mass is 205 g/mol. The minimum atomic E-state index is -0.0594. The lowest BCUT2D eigenvalue weighted by molar-refractivity contribution is 0.356. The fraction of sp³-hybridized carbons (Fsp3) is 0.364. The van der Waals surface area contributed by atoms with Crippen molar-refractivity contribution in [3.05, 3.63) is 24.8 Å². The molecule has 4 heteroatoms. The van der Waals surface area contributed by atoms with Gasteiger partial charge in [0.2, 0.25) is 0 Å². The maximum Gasteiger partial charge on any atom is 0.118 e. The van der Waals surface area contributed by atoms with Gasteiger partial charge in [0.15, 0.2) is 0 Å². The van der Waals surface area contributed by atoms with E-state index in [-0.39, 0.29) is 5.54 Å². The van der Waals surface area contributed by atoms with Gasteiger partial charge in [-0.15, -0.1) is 0 Å². The van der Waals surface area contributed by atoms with Gasteiger partial charge in [-0.2, -0.15) is 5.10 Å². The summed E-state index contributed by atoms with van der Waals surface area (Å²) < 4.78 is 6.88. The molecule has 0 radical (unpaired) electrons. The zero-order chi connectivity index (χ0) is 11.1. The van der Waals surface area contributed by atoms with E-state index in [9.17, 15) is 0 Å². The number of nitrogens with two attached hydrogens (primary N) is 1. The van der Waals surface area contributed by atoms with Gasteiger partial charge in [-0.3, -0.25) is 4.68 Å². The quantitative estimate of drug-likeness (QED) is 0.778. The number of anilines is 1. The molecule has 0 atom stereocenters. The van der Waals surface area contributed by atoms with E-state index in [1.165, 1.54) is 0 Å². The summed E-state index contributed by atoms with van der Waals surface area (Å²) in [5, 5.41) is 4.46. The summed E-state index contributed by atoms with van der Waals surface area (Å²) in [5.41, 5.74) is 8.21. The molecule has 80 valence electrons. The van der Waals surface area contributed by atoms with E-state index >= 15 is 0 Å². The highest BCUT2D eigenvalue weighted by Crippen LogP contribution is 2.26. The lowest BCUT2D eigenvalue weighted by atomic mass is 10.1. The first kappa shape index (κ1) is 9.83. The maximum absolute atomic E-state index is 5.90. The Morgan fingerprint density at radius 1 is 1.40 bits per heavy atom. The molecule has 0 spiro atoms. The molecular formula is C11H15N3O. The Kier molecular flexibility index (Phi) is 2.07. The van der Waals surface area contributed by atoms with E-state index in [0.29, 0.717) is 5.69 Å². The van der Waals surface area contributed by atoms with Crippen molar-refractivity contribution in [2.45, 2.75) is 26.3 Å². The number of aromatic nitrogens is 2. The molecule has 0 aliphatic carbocycles. The molecule has 2 heterocycles. The van der Waals surface area contributed by atoms with Gasteiger partial charge in [0, 0.05) is 11.8 Å². The van der Waals surface area contributed by atoms with Crippen LogP contribution in [0.1, 0.15) is 20.8 Å². The number of furan rings is 1. The van der Waals surface area contributed by atoms with Crippen LogP contribution in [0.3, 0.4) is 0 Å². The molecule has 15 heavy (non-hydrogen) atoms. The molecule has 2 N–H and O–H groups in total. The van der Waals surface area contributed by atoms with Crippen LogP contribution in [-0.4, -0.2) is 9.78 Å². The van der Waals surface area contributed by atoms with E-state index in [1.54, 1.807) is 12.5 Å². The molecule has 2 rings (SSSR count). The van der Waals surface area contributed by atoms with Crippen molar-refractivity contribution in [1.29, 1.82) is 0 Å². The molecule has 2 aromatic rings. The van der Waals surface area contributed by atoms with Crippen LogP contribution in [0.5, 0.6) is 0 Å². The number of nitrogen functional groups attached to an aromatic ring is 1. The third-order valence-corrected chi connectivity index (χ3v) is 2.22. The summed E-state index contributed by atoms with van der Waals surface area (Å²) in [6, 6.07) is 1.85. The van der Waals surface area contributed by atoms with E-state index in [0.717, 1.165) is 11.3 Å². The van der Waals surface area contributed by atoms with Crippen molar-refractivity contribution in [3.8, 4) is 11.3 Å². The summed E-state index contributed by atoms with van der Waals surface area (Å²) in [5.74, 6) is 0. The summed E-state index contributed by atoms with van der Waals surface area (Å²) in [4.78, 5) is 0. The van der Waals surface area contributed by atoms with Gasteiger partial charge < -0.3 is 10.2 Å². The van der Waals surface area contributed by atoms with Crippen LogP contribution in [0.15, 0.2) is 29.2 Å². The van der Waals surface area contributed by atoms with Crippen molar-refractivity contribution < 1.29 is 4.42 Å². The van der Waals surface area contributed by atoms with Crippen molar-refractivity contribution in [2.75, 3.05) is 5.73 Å². The third-order valence-electron chi connectivity index (χ3n) is 2.22. The van der Waals surface area contributed by atoms with E-state index in [4.69, 9.17) is 10.2 Å². The molecule has 0 saturated heterocycles. The van der Waals surface area contributed by atoms with Gasteiger partial charge >= 0.3 is 0 Å². The molecule has 0 aliphatic heterocycles. The molecule has 0 aliphatic rings. The van der Waals surface area contributed by atoms with Crippen LogP contribution in [0.4, 0.5) is 5.69 Å². The minimum absolute atomic E-state index is 0.0594. The SMILES string of the molecule is CC(C)(C)n1cc(N)c(-c2ccoc2)n1. The highest BCUT2D eigenvalue weighted by molar-refractivity contribution is 5.70. The fourth-order valence-electron chi connectivity index (χ4n) is 1.35. The first-order valence-electron chi connectivity index (χ1n) is 4.86. The Morgan fingerprint density at radius 3 is 2.60 bits per heavy atom. The second-order valence-corrected chi connectivity index (χ2v) is 4.56. The van der Waals surface area contributed by atoms with Crippen LogP contribution in [0, 0.1) is 0 Å². The zero-order valence-corrected chi connectivity index (χ0v) is 9.19. The summed E-state index contributed by atoms with van der Waals surface area (Å²) >= 11 is 0. The highest BCUT2D eigenvalue weighted by Gasteiger charge is 2.17. The largest absolute Gasteiger partial charge is 0.472 e. The standard InChI is InChI=1S/C11H15N3O/c1-11(2,3)14-6-9(12)10(13-14)8-4-5-15-7-8/h4-7H,12H2,1-3H3. The normalized spacial score (nSPS) is 11.9. The van der Waals surface area contributed by atoms with Gasteiger partial charge in [-0.05, 0) is 26.8 Å². The number of hydrogen-bond donors (Lipinski definition) is 1. The van der Waals surface area contributed by atoms with Crippen LogP contribution in [0.25, 0.3) is 11.3 Å². The Labute approximate surface area is 88.7 Å². The Hall–Kier alpha value is -1.71. The molecular weight excluding hydrogens is 190 g/mol. The van der Waals surface area contributed by atoms with Gasteiger partial charge in [0.25, 0.3) is 0 Å². The lowest BCUT2D eigenvalue weighted by Crippen LogP contribution is -2.22. The van der Waals surface area contributed by atoms with Crippen molar-refractivity contribution in [2.24, 2.45) is 0 Å². The molecule has 0 bridgehead atoms. The first-order valence-corrected chi connectivity index (χ1v) is 4.86. The minimum Gasteiger partial charge on any atom is -0.472 e. The number of hydrogen-bond acceptors (Lipinski definition) is 3. The van der Waals surface area contributed by atoms with Gasteiger partial charge in [-0.25, -0.2) is 0 Å². The third kappa shape index (κ3) is 1.75. The fourth-order valence-corrected chi connectivity index (χ4v) is 1.35. The number of rotatable bonds is 1. The second-order valence-electron chi connectivity index (χ2n) is 4.56. The highest BCUT2D eigenvalue weighted by atomic mass is 16.3. The van der Waals surface area contributed by atoms with Gasteiger partial charge in [0.05, 0.1) is 23.8 Å². The molecule has 0 unspecified atom stereocenters. The Bertz CT molecular complexity index is 449. The second kappa shape index (κ2) is 3.15. The topological polar surface area (TPSA) is 57.0 Å². The van der Waals surface area contributed by atoms with Crippen molar-refractivity contribution >= 4 is 5.69 Å². The summed E-state index contributed by atoms with van der Waals surface area (Å²) in [7, 11) is 0. The zero-order valence-electron chi connectivity index (χ0n) is 9.19. The van der Waals surface area contributed by atoms with Crippen LogP contribution >= 0.6 is 0 Å². The summed E-state index contributed by atoms with van der Waals surface area (Å²) in [6.07, 6.45) is 5.11. The summed E-state index contributed by atoms with van der Waals surface area (Å²) in [6.45, 7) is 6.25. The van der Waals surface area contributed by atoms with Crippen molar-refractivity contribution in [1.82, 2.24) is 9.78 Å². The first-order chi connectivity index (χ1) is 6.98. The number of nitrogens with zero attached hydrogens (tertiary/aromatic N) is 2. The average molecular weight is 205 g/mol. The van der Waals surface area contributed by atoms with Gasteiger partial charge in [-0.1, -0.05) is 0 Å². The van der Waals surface area contributed by atoms with E-state index < -0.39 is 0 Å². The molecule has 2 aromatic heterocycles. The molecule has 0 aromatic carbocycles. The van der Waals surface area contributed by atoms with Crippen LogP contribution in [0.2, 0.25) is 0 Å². The Morgan fingerprint density at radius 2 is 2.13 bits per heavy atom. The predicted octanol–water partition coefficient (Wildman–Crippen LogP) is 2.48. The van der Waals surface area contributed by atoms with E-state index in [2.05, 4.69) is 25.9 Å².